The van der Waals surface area contributed by atoms with Crippen LogP contribution < -0.4 is 10.6 Å². The summed E-state index contributed by atoms with van der Waals surface area (Å²) in [6, 6.07) is 13.4. The second-order valence-corrected chi connectivity index (χ2v) is 10.1. The second kappa shape index (κ2) is 8.30. The summed E-state index contributed by atoms with van der Waals surface area (Å²) in [5, 5.41) is 5.92. The summed E-state index contributed by atoms with van der Waals surface area (Å²) in [6.07, 6.45) is -0.891. The number of aryl methyl sites for hydroxylation is 2. The maximum Gasteiger partial charge on any atom is 0.252 e. The molecule has 0 aromatic heterocycles. The summed E-state index contributed by atoms with van der Waals surface area (Å²) in [7, 11) is 0. The Morgan fingerprint density at radius 2 is 1.56 bits per heavy atom. The van der Waals surface area contributed by atoms with Gasteiger partial charge in [0.15, 0.2) is 0 Å². The van der Waals surface area contributed by atoms with Gasteiger partial charge >= 0.3 is 0 Å². The SMILES string of the molecule is Cc1ccc(C)c(NC(NC(=O)c2ccc(C(C)(C)C)cc2)C(Cl)(Cl)Cl)c1. The third-order valence-electron chi connectivity index (χ3n) is 4.31. The van der Waals surface area contributed by atoms with Crippen LogP contribution in [0.25, 0.3) is 0 Å². The van der Waals surface area contributed by atoms with Crippen molar-refractivity contribution in [2.75, 3.05) is 5.32 Å². The lowest BCUT2D eigenvalue weighted by Gasteiger charge is -2.28. The third-order valence-corrected chi connectivity index (χ3v) is 4.96. The zero-order valence-corrected chi connectivity index (χ0v) is 18.4. The van der Waals surface area contributed by atoms with Crippen molar-refractivity contribution in [2.45, 2.75) is 50.0 Å². The molecule has 2 aromatic rings. The molecule has 0 fully saturated rings. The summed E-state index contributed by atoms with van der Waals surface area (Å²) in [5.41, 5.74) is 4.52. The molecule has 1 unspecified atom stereocenters. The fraction of sp³-hybridized carbons (Fsp3) is 0.381. The molecule has 0 radical (unpaired) electrons. The highest BCUT2D eigenvalue weighted by Crippen LogP contribution is 2.32. The number of anilines is 1. The highest BCUT2D eigenvalue weighted by atomic mass is 35.6. The zero-order valence-electron chi connectivity index (χ0n) is 16.2. The summed E-state index contributed by atoms with van der Waals surface area (Å²) in [5.74, 6) is -0.315. The van der Waals surface area contributed by atoms with Crippen LogP contribution in [0.5, 0.6) is 0 Å². The first-order valence-corrected chi connectivity index (χ1v) is 9.83. The number of halogens is 3. The molecular weight excluding hydrogens is 403 g/mol. The number of benzene rings is 2. The highest BCUT2D eigenvalue weighted by Gasteiger charge is 2.34. The molecule has 3 nitrogen and oxygen atoms in total. The smallest absolute Gasteiger partial charge is 0.252 e. The molecule has 2 aromatic carbocycles. The lowest BCUT2D eigenvalue weighted by Crippen LogP contribution is -2.49. The Balaban J connectivity index is 2.21. The Hall–Kier alpha value is -1.42. The molecule has 1 amide bonds. The summed E-state index contributed by atoms with van der Waals surface area (Å²) in [6.45, 7) is 10.3. The predicted octanol–water partition coefficient (Wildman–Crippen LogP) is 6.14. The van der Waals surface area contributed by atoms with Gasteiger partial charge in [0.2, 0.25) is 3.79 Å². The van der Waals surface area contributed by atoms with Crippen LogP contribution in [-0.2, 0) is 5.41 Å². The van der Waals surface area contributed by atoms with Gasteiger partial charge in [0.05, 0.1) is 0 Å². The van der Waals surface area contributed by atoms with Gasteiger partial charge in [0.25, 0.3) is 5.91 Å². The van der Waals surface area contributed by atoms with Crippen LogP contribution in [-0.4, -0.2) is 15.9 Å². The number of carbonyl (C=O) groups is 1. The van der Waals surface area contributed by atoms with E-state index in [0.717, 1.165) is 22.4 Å². The van der Waals surface area contributed by atoms with Crippen molar-refractivity contribution in [3.05, 3.63) is 64.7 Å². The molecule has 27 heavy (non-hydrogen) atoms. The van der Waals surface area contributed by atoms with Crippen molar-refractivity contribution in [3.63, 3.8) is 0 Å². The monoisotopic (exact) mass is 426 g/mol. The van der Waals surface area contributed by atoms with Gasteiger partial charge in [0.1, 0.15) is 6.17 Å². The van der Waals surface area contributed by atoms with Crippen molar-refractivity contribution in [1.29, 1.82) is 0 Å². The number of hydrogen-bond acceptors (Lipinski definition) is 2. The van der Waals surface area contributed by atoms with Gasteiger partial charge in [-0.05, 0) is 54.2 Å². The molecule has 146 valence electrons. The van der Waals surface area contributed by atoms with Crippen LogP contribution in [0.15, 0.2) is 42.5 Å². The topological polar surface area (TPSA) is 41.1 Å². The van der Waals surface area contributed by atoms with E-state index in [4.69, 9.17) is 34.8 Å². The average molecular weight is 428 g/mol. The van der Waals surface area contributed by atoms with E-state index in [1.165, 1.54) is 0 Å². The van der Waals surface area contributed by atoms with E-state index < -0.39 is 9.96 Å². The Labute approximate surface area is 176 Å². The largest absolute Gasteiger partial charge is 0.362 e. The van der Waals surface area contributed by atoms with E-state index in [1.54, 1.807) is 12.1 Å². The number of hydrogen-bond donors (Lipinski definition) is 2. The number of carbonyl (C=O) groups excluding carboxylic acids is 1. The van der Waals surface area contributed by atoms with Crippen molar-refractivity contribution >= 4 is 46.4 Å². The highest BCUT2D eigenvalue weighted by molar-refractivity contribution is 6.68. The normalized spacial score (nSPS) is 13.2. The van der Waals surface area contributed by atoms with Crippen LogP contribution in [0, 0.1) is 13.8 Å². The maximum absolute atomic E-state index is 12.7. The number of alkyl halides is 3. The Kier molecular flexibility index (Phi) is 6.72. The van der Waals surface area contributed by atoms with Crippen LogP contribution in [0.1, 0.15) is 47.8 Å². The van der Waals surface area contributed by atoms with E-state index >= 15 is 0 Å². The number of amides is 1. The van der Waals surface area contributed by atoms with E-state index in [9.17, 15) is 4.79 Å². The quantitative estimate of drug-likeness (QED) is 0.454. The van der Waals surface area contributed by atoms with Crippen molar-refractivity contribution < 1.29 is 4.79 Å². The lowest BCUT2D eigenvalue weighted by atomic mass is 9.87. The van der Waals surface area contributed by atoms with Gasteiger partial charge in [0, 0.05) is 11.3 Å². The fourth-order valence-corrected chi connectivity index (χ4v) is 2.91. The first kappa shape index (κ1) is 21.9. The molecule has 6 heteroatoms. The van der Waals surface area contributed by atoms with E-state index in [-0.39, 0.29) is 11.3 Å². The van der Waals surface area contributed by atoms with E-state index in [0.29, 0.717) is 5.56 Å². The van der Waals surface area contributed by atoms with Gasteiger partial charge in [-0.1, -0.05) is 79.8 Å². The van der Waals surface area contributed by atoms with Gasteiger partial charge in [-0.25, -0.2) is 0 Å². The molecule has 2 rings (SSSR count). The molecule has 0 aliphatic rings. The molecule has 0 bridgehead atoms. The minimum Gasteiger partial charge on any atom is -0.362 e. The van der Waals surface area contributed by atoms with Crippen molar-refractivity contribution in [2.24, 2.45) is 0 Å². The summed E-state index contributed by atoms with van der Waals surface area (Å²) >= 11 is 18.3. The van der Waals surface area contributed by atoms with Gasteiger partial charge in [-0.15, -0.1) is 0 Å². The van der Waals surface area contributed by atoms with E-state index in [2.05, 4.69) is 31.4 Å². The minimum absolute atomic E-state index is 0.0133. The molecule has 0 saturated heterocycles. The van der Waals surface area contributed by atoms with Crippen molar-refractivity contribution in [3.8, 4) is 0 Å². The third kappa shape index (κ3) is 6.03. The van der Waals surface area contributed by atoms with Crippen LogP contribution in [0.2, 0.25) is 0 Å². The number of nitrogens with one attached hydrogen (secondary N) is 2. The first-order valence-electron chi connectivity index (χ1n) is 8.70. The Morgan fingerprint density at radius 3 is 2.07 bits per heavy atom. The van der Waals surface area contributed by atoms with Crippen molar-refractivity contribution in [1.82, 2.24) is 5.32 Å². The number of rotatable bonds is 4. The fourth-order valence-electron chi connectivity index (χ4n) is 2.58. The molecule has 1 atom stereocenters. The van der Waals surface area contributed by atoms with Gasteiger partial charge < -0.3 is 10.6 Å². The van der Waals surface area contributed by atoms with Gasteiger partial charge in [-0.3, -0.25) is 4.79 Å². The van der Waals surface area contributed by atoms with Gasteiger partial charge in [-0.2, -0.15) is 0 Å². The lowest BCUT2D eigenvalue weighted by molar-refractivity contribution is 0.0941. The Bertz CT molecular complexity index is 806. The average Bonchev–Trinajstić information content (AvgIpc) is 2.56. The molecule has 0 saturated carbocycles. The maximum atomic E-state index is 12.7. The van der Waals surface area contributed by atoms with E-state index in [1.807, 2.05) is 44.2 Å². The first-order chi connectivity index (χ1) is 12.4. The standard InChI is InChI=1S/C21H25Cl3N2O/c1-13-6-7-14(2)17(12-13)25-19(21(22,23)24)26-18(27)15-8-10-16(11-9-15)20(3,4)5/h6-12,19,25H,1-5H3,(H,26,27). The molecular formula is C21H25Cl3N2O. The molecule has 0 spiro atoms. The molecule has 0 aliphatic carbocycles. The summed E-state index contributed by atoms with van der Waals surface area (Å²) in [4.78, 5) is 12.7. The minimum atomic E-state index is -1.73. The second-order valence-electron chi connectivity index (χ2n) is 7.74. The van der Waals surface area contributed by atoms with Crippen LogP contribution >= 0.6 is 34.8 Å². The molecule has 0 heterocycles. The predicted molar refractivity (Wildman–Crippen MR) is 116 cm³/mol. The van der Waals surface area contributed by atoms with Crippen LogP contribution in [0.4, 0.5) is 5.69 Å². The molecule has 0 aliphatic heterocycles. The summed E-state index contributed by atoms with van der Waals surface area (Å²) < 4.78 is -1.73. The molecule has 2 N–H and O–H groups in total. The van der Waals surface area contributed by atoms with Crippen LogP contribution in [0.3, 0.4) is 0 Å². The Morgan fingerprint density at radius 1 is 0.963 bits per heavy atom. The zero-order chi connectivity index (χ0) is 20.4.